The Labute approximate surface area is 111 Å². The first-order valence-corrected chi connectivity index (χ1v) is 6.25. The lowest BCUT2D eigenvalue weighted by molar-refractivity contribution is 0.438. The van der Waals surface area contributed by atoms with E-state index in [4.69, 9.17) is 0 Å². The first kappa shape index (κ1) is 11.1. The van der Waals surface area contributed by atoms with Crippen molar-refractivity contribution in [2.45, 2.75) is 6.92 Å². The molecule has 0 bridgehead atoms. The molecule has 5 heteroatoms. The van der Waals surface area contributed by atoms with Crippen molar-refractivity contribution in [1.82, 2.24) is 0 Å². The summed E-state index contributed by atoms with van der Waals surface area (Å²) in [4.78, 5) is 0. The van der Waals surface area contributed by atoms with Crippen molar-refractivity contribution in [2.24, 2.45) is 0 Å². The second-order valence-electron chi connectivity index (χ2n) is 2.26. The molecule has 1 aromatic rings. The molecule has 1 aromatic carbocycles. The molecule has 0 heterocycles. The molecule has 0 fully saturated rings. The minimum atomic E-state index is 0.173. The number of phenolic OH excluding ortho intramolecular Hbond substituents is 2. The van der Waals surface area contributed by atoms with Crippen molar-refractivity contribution >= 4 is 67.8 Å². The summed E-state index contributed by atoms with van der Waals surface area (Å²) < 4.78 is 2.13. The van der Waals surface area contributed by atoms with Gasteiger partial charge in [-0.05, 0) is 80.3 Å². The molecule has 0 aliphatic heterocycles. The van der Waals surface area contributed by atoms with E-state index in [0.29, 0.717) is 3.57 Å². The van der Waals surface area contributed by atoms with Crippen LogP contribution in [0.4, 0.5) is 0 Å². The van der Waals surface area contributed by atoms with Gasteiger partial charge >= 0.3 is 0 Å². The summed E-state index contributed by atoms with van der Waals surface area (Å²) in [5.74, 6) is 0.346. The number of aromatic hydroxyl groups is 2. The minimum absolute atomic E-state index is 0.173. The van der Waals surface area contributed by atoms with E-state index in [-0.39, 0.29) is 11.5 Å². The molecule has 0 atom stereocenters. The predicted octanol–water partition coefficient (Wildman–Crippen LogP) is 3.22. The zero-order valence-electron chi connectivity index (χ0n) is 6.03. The highest BCUT2D eigenvalue weighted by Crippen LogP contribution is 2.39. The lowest BCUT2D eigenvalue weighted by Crippen LogP contribution is -1.91. The second kappa shape index (κ2) is 4.03. The number of phenols is 2. The van der Waals surface area contributed by atoms with Crippen LogP contribution in [0.15, 0.2) is 0 Å². The Bertz CT molecular complexity index is 231. The highest BCUT2D eigenvalue weighted by atomic mass is 127. The average molecular weight is 502 g/mol. The van der Waals surface area contributed by atoms with Crippen LogP contribution in [0, 0.1) is 17.6 Å². The second-order valence-corrected chi connectivity index (χ2v) is 5.50. The molecular weight excluding hydrogens is 497 g/mol. The standard InChI is InChI=1S/C7H5I3O2/c1-2-3(8)6(11)5(10)7(12)4(2)9/h11-12H,1H3. The maximum Gasteiger partial charge on any atom is 0.146 e. The van der Waals surface area contributed by atoms with Gasteiger partial charge in [-0.25, -0.2) is 0 Å². The zero-order chi connectivity index (χ0) is 9.46. The van der Waals surface area contributed by atoms with Crippen molar-refractivity contribution in [3.63, 3.8) is 0 Å². The highest BCUT2D eigenvalue weighted by molar-refractivity contribution is 14.1. The van der Waals surface area contributed by atoms with Crippen LogP contribution in [-0.2, 0) is 0 Å². The maximum atomic E-state index is 9.51. The van der Waals surface area contributed by atoms with Gasteiger partial charge in [0.15, 0.2) is 0 Å². The number of hydrogen-bond acceptors (Lipinski definition) is 2. The van der Waals surface area contributed by atoms with Crippen molar-refractivity contribution in [1.29, 1.82) is 0 Å². The molecule has 0 aliphatic carbocycles. The van der Waals surface area contributed by atoms with Gasteiger partial charge in [0, 0.05) is 0 Å². The Morgan fingerprint density at radius 2 is 1.17 bits per heavy atom. The van der Waals surface area contributed by atoms with Gasteiger partial charge in [0.05, 0.1) is 10.7 Å². The van der Waals surface area contributed by atoms with Crippen molar-refractivity contribution in [3.05, 3.63) is 16.3 Å². The third-order valence-electron chi connectivity index (χ3n) is 1.49. The molecule has 0 aromatic heterocycles. The lowest BCUT2D eigenvalue weighted by Gasteiger charge is -2.09. The smallest absolute Gasteiger partial charge is 0.146 e. The third-order valence-corrected chi connectivity index (χ3v) is 5.15. The number of rotatable bonds is 0. The van der Waals surface area contributed by atoms with Crippen molar-refractivity contribution in [3.8, 4) is 11.5 Å². The van der Waals surface area contributed by atoms with E-state index in [2.05, 4.69) is 45.2 Å². The van der Waals surface area contributed by atoms with Crippen LogP contribution in [0.2, 0.25) is 0 Å². The fourth-order valence-electron chi connectivity index (χ4n) is 0.756. The Kier molecular flexibility index (Phi) is 3.72. The number of hydrogen-bond donors (Lipinski definition) is 2. The SMILES string of the molecule is Cc1c(I)c(O)c(I)c(O)c1I. The van der Waals surface area contributed by atoms with E-state index >= 15 is 0 Å². The van der Waals surface area contributed by atoms with Crippen LogP contribution in [-0.4, -0.2) is 10.2 Å². The fourth-order valence-corrected chi connectivity index (χ4v) is 3.92. The van der Waals surface area contributed by atoms with Gasteiger partial charge in [-0.2, -0.15) is 0 Å². The molecule has 0 radical (unpaired) electrons. The molecule has 0 unspecified atom stereocenters. The largest absolute Gasteiger partial charge is 0.506 e. The van der Waals surface area contributed by atoms with Gasteiger partial charge in [0.1, 0.15) is 11.5 Å². The molecule has 2 N–H and O–H groups in total. The summed E-state index contributed by atoms with van der Waals surface area (Å²) in [6.45, 7) is 1.87. The van der Waals surface area contributed by atoms with Gasteiger partial charge in [0.25, 0.3) is 0 Å². The summed E-state index contributed by atoms with van der Waals surface area (Å²) in [7, 11) is 0. The molecule has 0 spiro atoms. The first-order valence-electron chi connectivity index (χ1n) is 3.01. The molecule has 2 nitrogen and oxygen atoms in total. The van der Waals surface area contributed by atoms with Crippen molar-refractivity contribution < 1.29 is 10.2 Å². The first-order chi connectivity index (χ1) is 5.46. The van der Waals surface area contributed by atoms with E-state index in [1.165, 1.54) is 0 Å². The van der Waals surface area contributed by atoms with Gasteiger partial charge < -0.3 is 10.2 Å². The van der Waals surface area contributed by atoms with Gasteiger partial charge in [0.2, 0.25) is 0 Å². The van der Waals surface area contributed by atoms with Crippen molar-refractivity contribution in [2.75, 3.05) is 0 Å². The Morgan fingerprint density at radius 1 is 0.833 bits per heavy atom. The molecule has 0 saturated carbocycles. The van der Waals surface area contributed by atoms with E-state index in [9.17, 15) is 10.2 Å². The monoisotopic (exact) mass is 502 g/mol. The highest BCUT2D eigenvalue weighted by Gasteiger charge is 2.15. The minimum Gasteiger partial charge on any atom is -0.506 e. The lowest BCUT2D eigenvalue weighted by atomic mass is 10.2. The van der Waals surface area contributed by atoms with Gasteiger partial charge in [-0.1, -0.05) is 0 Å². The van der Waals surface area contributed by atoms with Crippen LogP contribution in [0.5, 0.6) is 11.5 Å². The zero-order valence-corrected chi connectivity index (χ0v) is 12.5. The topological polar surface area (TPSA) is 40.5 Å². The van der Waals surface area contributed by atoms with Crippen LogP contribution in [0.1, 0.15) is 5.56 Å². The van der Waals surface area contributed by atoms with E-state index in [0.717, 1.165) is 12.7 Å². The summed E-state index contributed by atoms with van der Waals surface area (Å²) in [5.41, 5.74) is 0.923. The molecular formula is C7H5I3O2. The predicted molar refractivity (Wildman–Crippen MR) is 72.7 cm³/mol. The molecule has 0 amide bonds. The Hall–Kier alpha value is 1.01. The van der Waals surface area contributed by atoms with Gasteiger partial charge in [-0.3, -0.25) is 0 Å². The summed E-state index contributed by atoms with van der Waals surface area (Å²) in [6, 6.07) is 0. The van der Waals surface area contributed by atoms with Crippen LogP contribution in [0.25, 0.3) is 0 Å². The average Bonchev–Trinajstić information content (AvgIpc) is 2.08. The quantitative estimate of drug-likeness (QED) is 0.536. The summed E-state index contributed by atoms with van der Waals surface area (Å²) in [6.07, 6.45) is 0. The van der Waals surface area contributed by atoms with Crippen LogP contribution >= 0.6 is 67.8 Å². The van der Waals surface area contributed by atoms with E-state index < -0.39 is 0 Å². The molecule has 0 saturated heterocycles. The van der Waals surface area contributed by atoms with Crippen LogP contribution in [0.3, 0.4) is 0 Å². The van der Waals surface area contributed by atoms with E-state index in [1.807, 2.05) is 29.5 Å². The fraction of sp³-hybridized carbons (Fsp3) is 0.143. The Morgan fingerprint density at radius 3 is 1.50 bits per heavy atom. The number of benzene rings is 1. The molecule has 0 aliphatic rings. The molecule has 66 valence electrons. The molecule has 12 heavy (non-hydrogen) atoms. The summed E-state index contributed by atoms with van der Waals surface area (Å²) in [5, 5.41) is 19.0. The third kappa shape index (κ3) is 1.76. The number of halogens is 3. The maximum absolute atomic E-state index is 9.51. The Balaban J connectivity index is 3.60. The normalized spacial score (nSPS) is 10.3. The van der Waals surface area contributed by atoms with E-state index in [1.54, 1.807) is 0 Å². The van der Waals surface area contributed by atoms with Gasteiger partial charge in [-0.15, -0.1) is 0 Å². The summed E-state index contributed by atoms with van der Waals surface area (Å²) >= 11 is 6.06. The molecule has 1 rings (SSSR count). The van der Waals surface area contributed by atoms with Crippen LogP contribution < -0.4 is 0 Å².